The molecule has 1 aromatic heterocycles. The van der Waals surface area contributed by atoms with Crippen LogP contribution >= 0.6 is 0 Å². The number of alkyl carbamates (subject to hydrolysis) is 1. The third kappa shape index (κ3) is 1.47. The molecule has 0 radical (unpaired) electrons. The number of rotatable bonds is 1. The summed E-state index contributed by atoms with van der Waals surface area (Å²) in [4.78, 5) is 15.0. The van der Waals surface area contributed by atoms with E-state index in [4.69, 9.17) is 4.74 Å². The first-order chi connectivity index (χ1) is 6.27. The second-order valence-corrected chi connectivity index (χ2v) is 3.01. The Morgan fingerprint density at radius 2 is 2.38 bits per heavy atom. The summed E-state index contributed by atoms with van der Waals surface area (Å²) in [7, 11) is 0. The van der Waals surface area contributed by atoms with Crippen LogP contribution < -0.4 is 5.32 Å². The third-order valence-electron chi connectivity index (χ3n) is 2.01. The van der Waals surface area contributed by atoms with Crippen LogP contribution in [0.3, 0.4) is 0 Å². The predicted molar refractivity (Wildman–Crippen MR) is 46.1 cm³/mol. The van der Waals surface area contributed by atoms with Crippen molar-refractivity contribution in [1.29, 1.82) is 0 Å². The molecule has 13 heavy (non-hydrogen) atoms. The fraction of sp³-hybridized carbons (Fsp3) is 0.333. The van der Waals surface area contributed by atoms with Crippen LogP contribution in [0, 0.1) is 0 Å². The van der Waals surface area contributed by atoms with Gasteiger partial charge in [0.05, 0.1) is 11.7 Å². The van der Waals surface area contributed by atoms with Crippen LogP contribution in [0.2, 0.25) is 0 Å². The summed E-state index contributed by atoms with van der Waals surface area (Å²) in [6.45, 7) is 1.89. The van der Waals surface area contributed by atoms with Gasteiger partial charge < -0.3 is 10.1 Å². The summed E-state index contributed by atoms with van der Waals surface area (Å²) < 4.78 is 5.05. The van der Waals surface area contributed by atoms with Crippen LogP contribution in [-0.2, 0) is 4.74 Å². The lowest BCUT2D eigenvalue weighted by atomic mass is 10.1. The zero-order valence-corrected chi connectivity index (χ0v) is 7.23. The van der Waals surface area contributed by atoms with Gasteiger partial charge in [0.1, 0.15) is 0 Å². The van der Waals surface area contributed by atoms with Gasteiger partial charge in [0.2, 0.25) is 0 Å². The fourth-order valence-electron chi connectivity index (χ4n) is 1.37. The summed E-state index contributed by atoms with van der Waals surface area (Å²) in [5.41, 5.74) is 0.786. The Kier molecular flexibility index (Phi) is 1.88. The molecule has 4 heteroatoms. The van der Waals surface area contributed by atoms with Gasteiger partial charge in [-0.25, -0.2) is 4.79 Å². The van der Waals surface area contributed by atoms with Crippen LogP contribution in [0.5, 0.6) is 0 Å². The fourth-order valence-corrected chi connectivity index (χ4v) is 1.37. The van der Waals surface area contributed by atoms with Gasteiger partial charge in [-0.2, -0.15) is 0 Å². The first kappa shape index (κ1) is 8.04. The van der Waals surface area contributed by atoms with E-state index in [1.54, 1.807) is 6.20 Å². The molecular formula is C9H10N2O2. The summed E-state index contributed by atoms with van der Waals surface area (Å²) in [5.74, 6) is 0. The minimum absolute atomic E-state index is 0.0117. The Hall–Kier alpha value is -1.58. The van der Waals surface area contributed by atoms with E-state index in [0.717, 1.165) is 5.69 Å². The highest BCUT2D eigenvalue weighted by atomic mass is 16.6. The number of nitrogens with zero attached hydrogens (tertiary/aromatic N) is 1. The Labute approximate surface area is 75.9 Å². The largest absolute Gasteiger partial charge is 0.438 e. The monoisotopic (exact) mass is 178 g/mol. The van der Waals surface area contributed by atoms with Crippen LogP contribution in [0.1, 0.15) is 18.7 Å². The van der Waals surface area contributed by atoms with E-state index in [1.165, 1.54) is 0 Å². The lowest BCUT2D eigenvalue weighted by Crippen LogP contribution is -2.24. The van der Waals surface area contributed by atoms with Crippen molar-refractivity contribution >= 4 is 6.09 Å². The number of ether oxygens (including phenoxy) is 1. The Balaban J connectivity index is 2.23. The topological polar surface area (TPSA) is 51.2 Å². The van der Waals surface area contributed by atoms with Crippen molar-refractivity contribution in [3.8, 4) is 0 Å². The number of cyclic esters (lactones) is 1. The normalized spacial score (nSPS) is 26.7. The minimum Gasteiger partial charge on any atom is -0.438 e. The molecule has 1 saturated heterocycles. The highest BCUT2D eigenvalue weighted by molar-refractivity contribution is 5.70. The molecule has 1 aromatic rings. The molecule has 4 nitrogen and oxygen atoms in total. The van der Waals surface area contributed by atoms with Gasteiger partial charge in [-0.1, -0.05) is 6.07 Å². The SMILES string of the molecule is C[C@@H]1NC(=O)O[C@@H]1c1ccccn1. The van der Waals surface area contributed by atoms with Crippen molar-refractivity contribution in [3.05, 3.63) is 30.1 Å². The second-order valence-electron chi connectivity index (χ2n) is 3.01. The third-order valence-corrected chi connectivity index (χ3v) is 2.01. The quantitative estimate of drug-likeness (QED) is 0.704. The highest BCUT2D eigenvalue weighted by Crippen LogP contribution is 2.23. The number of aromatic nitrogens is 1. The molecule has 0 unspecified atom stereocenters. The second kappa shape index (κ2) is 3.05. The van der Waals surface area contributed by atoms with Crippen LogP contribution in [0.25, 0.3) is 0 Å². The molecule has 68 valence electrons. The van der Waals surface area contributed by atoms with Gasteiger partial charge in [0, 0.05) is 6.20 Å². The molecule has 0 aliphatic carbocycles. The number of amides is 1. The molecule has 1 N–H and O–H groups in total. The average molecular weight is 178 g/mol. The van der Waals surface area contributed by atoms with E-state index in [-0.39, 0.29) is 18.2 Å². The Bertz CT molecular complexity index is 313. The molecular weight excluding hydrogens is 168 g/mol. The zero-order valence-electron chi connectivity index (χ0n) is 7.23. The summed E-state index contributed by atoms with van der Waals surface area (Å²) >= 11 is 0. The van der Waals surface area contributed by atoms with Gasteiger partial charge in [0.15, 0.2) is 6.10 Å². The summed E-state index contributed by atoms with van der Waals surface area (Å²) in [6, 6.07) is 5.54. The van der Waals surface area contributed by atoms with Crippen molar-refractivity contribution in [2.75, 3.05) is 0 Å². The molecule has 0 bridgehead atoms. The van der Waals surface area contributed by atoms with Gasteiger partial charge in [-0.3, -0.25) is 4.98 Å². The van der Waals surface area contributed by atoms with E-state index < -0.39 is 0 Å². The number of carbonyl (C=O) groups excluding carboxylic acids is 1. The smallest absolute Gasteiger partial charge is 0.408 e. The minimum atomic E-state index is -0.372. The van der Waals surface area contributed by atoms with E-state index in [2.05, 4.69) is 10.3 Å². The van der Waals surface area contributed by atoms with E-state index in [0.29, 0.717) is 0 Å². The maximum Gasteiger partial charge on any atom is 0.408 e. The van der Waals surface area contributed by atoms with Gasteiger partial charge in [0.25, 0.3) is 0 Å². The predicted octanol–water partition coefficient (Wildman–Crippen LogP) is 1.25. The average Bonchev–Trinajstić information content (AvgIpc) is 2.47. The maximum absolute atomic E-state index is 10.9. The number of hydrogen-bond acceptors (Lipinski definition) is 3. The molecule has 1 aliphatic heterocycles. The first-order valence-electron chi connectivity index (χ1n) is 4.15. The molecule has 2 heterocycles. The van der Waals surface area contributed by atoms with Crippen molar-refractivity contribution in [2.24, 2.45) is 0 Å². The molecule has 0 aromatic carbocycles. The number of carbonyl (C=O) groups is 1. The van der Waals surface area contributed by atoms with Crippen LogP contribution in [-0.4, -0.2) is 17.1 Å². The van der Waals surface area contributed by atoms with Gasteiger partial charge in [-0.05, 0) is 19.1 Å². The van der Waals surface area contributed by atoms with E-state index in [9.17, 15) is 4.79 Å². The molecule has 1 fully saturated rings. The first-order valence-corrected chi connectivity index (χ1v) is 4.15. The highest BCUT2D eigenvalue weighted by Gasteiger charge is 2.32. The van der Waals surface area contributed by atoms with Crippen LogP contribution in [0.15, 0.2) is 24.4 Å². The van der Waals surface area contributed by atoms with Crippen molar-refractivity contribution < 1.29 is 9.53 Å². The van der Waals surface area contributed by atoms with E-state index >= 15 is 0 Å². The standard InChI is InChI=1S/C9H10N2O2/c1-6-8(13-9(12)11-6)7-4-2-3-5-10-7/h2-6,8H,1H3,(H,11,12)/t6-,8-/m0/s1. The Morgan fingerprint density at radius 1 is 1.54 bits per heavy atom. The Morgan fingerprint density at radius 3 is 2.92 bits per heavy atom. The summed E-state index contributed by atoms with van der Waals surface area (Å²) in [5, 5.41) is 2.66. The van der Waals surface area contributed by atoms with Gasteiger partial charge in [-0.15, -0.1) is 0 Å². The molecule has 0 spiro atoms. The number of hydrogen-bond donors (Lipinski definition) is 1. The van der Waals surface area contributed by atoms with Crippen molar-refractivity contribution in [1.82, 2.24) is 10.3 Å². The zero-order chi connectivity index (χ0) is 9.26. The van der Waals surface area contributed by atoms with Crippen LogP contribution in [0.4, 0.5) is 4.79 Å². The lowest BCUT2D eigenvalue weighted by molar-refractivity contribution is 0.131. The van der Waals surface area contributed by atoms with E-state index in [1.807, 2.05) is 25.1 Å². The number of pyridine rings is 1. The number of nitrogens with one attached hydrogen (secondary N) is 1. The molecule has 2 rings (SSSR count). The van der Waals surface area contributed by atoms with Crippen molar-refractivity contribution in [3.63, 3.8) is 0 Å². The molecule has 1 amide bonds. The van der Waals surface area contributed by atoms with Crippen molar-refractivity contribution in [2.45, 2.75) is 19.1 Å². The maximum atomic E-state index is 10.9. The molecule has 0 saturated carbocycles. The lowest BCUT2D eigenvalue weighted by Gasteiger charge is -2.10. The molecule has 1 aliphatic rings. The summed E-state index contributed by atoms with van der Waals surface area (Å²) in [6.07, 6.45) is 1.06. The van der Waals surface area contributed by atoms with Gasteiger partial charge >= 0.3 is 6.09 Å². The molecule has 2 atom stereocenters.